The smallest absolute Gasteiger partial charge is 0.386 e. The molecule has 9 fully saturated rings. The molecule has 19 N–H and O–H groups in total. The first kappa shape index (κ1) is 108. The normalized spacial score (nSPS) is 31.8. The van der Waals surface area contributed by atoms with Crippen LogP contribution in [-0.4, -0.2) is 330 Å². The standard InChI is InChI=1S/C67H90N26O37P6S9/c1-27-11-86(62(98)78-48(27)68)57-43-46(66(123-57,18-92(43)144(6,109)110)21-118-136(106,142)130-47-44-58(87-12-28(2)49(69)79-63(87)99)124-67(47,19-93(44)145(7,111)112)22-117-135(105,141)128-45-42-59(122-65(45,20-94)17-91(42)143(5,107)108)90-26-77-41-53(90)81-61(72)83-56(41)97)129-134(104,140)116-16-34-31(8-36(119-34)85-13-29(3)54(95)84-64(85)100)126-132(102,138)115-15-35-32(10-37(120-35)88-24-75-39-50(70)73-23-74-51(39)88)127-133(103,139)114-14-33-30(125-131(101,137)113-4)9-38(121-33)89-25-76-40-52(89)80-60(71)82-55(40)96/h11-13,23-26,30-38,42-47,57-59,94H,8-10,14-22H2,1-7H3,(H,101,137)(H,102,138)(H,103,139)(H,104,140)(H,105,141)(H,106,142)(H2,68,78,98)(H2,69,79,99)(H2,70,73,74)(H,84,95,100)(H3,71,80,82,96)(H3,72,81,83,97)/t30?,31?,32?,33-,34-,35-,36-,37-,38-,42+,43+,44+,45?,46?,47?,57-,58-,59-,65-,66-,67-,131?,132?,133?,134?,135?,136?/m1/s1. The number of aryl methyl sites for hydroxylation is 3. The number of imidazole rings is 3. The number of nitrogen functional groups attached to an aromatic ring is 5. The fraction of sp³-hybridized carbons (Fsp3) is 0.597. The van der Waals surface area contributed by atoms with Gasteiger partial charge in [0.15, 0.2) is 52.5 Å². The average Bonchev–Trinajstić information content (AvgIpc) is 1.54. The van der Waals surface area contributed by atoms with Gasteiger partial charge in [-0.1, -0.05) is 12.2 Å². The first-order chi connectivity index (χ1) is 67.6. The van der Waals surface area contributed by atoms with Gasteiger partial charge < -0.3 is 132 Å². The zero-order valence-electron chi connectivity index (χ0n) is 75.6. The predicted octanol–water partition coefficient (Wildman–Crippen LogP) is -4.26. The molecule has 78 heteroatoms. The van der Waals surface area contributed by atoms with Crippen LogP contribution >= 0.6 is 52.6 Å². The number of ether oxygens (including phenoxy) is 6. The molecule has 0 amide bonds. The van der Waals surface area contributed by atoms with E-state index in [4.69, 9.17) is 170 Å². The highest BCUT2D eigenvalue weighted by molar-refractivity contribution is 8.44. The number of fused-ring (bicyclic) bond motifs is 9. The maximum atomic E-state index is 15.8. The summed E-state index contributed by atoms with van der Waals surface area (Å²) >= 11 is 32.3. The molecule has 0 aliphatic carbocycles. The summed E-state index contributed by atoms with van der Waals surface area (Å²) in [6.45, 7) is -33.6. The lowest BCUT2D eigenvalue weighted by atomic mass is 10.0. The fourth-order valence-electron chi connectivity index (χ4n) is 18.6. The van der Waals surface area contributed by atoms with Crippen molar-refractivity contribution in [1.29, 1.82) is 0 Å². The molecule has 0 spiro atoms. The van der Waals surface area contributed by atoms with Crippen LogP contribution in [0.2, 0.25) is 0 Å². The van der Waals surface area contributed by atoms with Crippen molar-refractivity contribution in [3.8, 4) is 0 Å². The van der Waals surface area contributed by atoms with Crippen LogP contribution in [0, 0.1) is 20.8 Å². The van der Waals surface area contributed by atoms with E-state index in [-0.39, 0.29) is 86.4 Å². The quantitative estimate of drug-likeness (QED) is 0.0129. The van der Waals surface area contributed by atoms with Gasteiger partial charge in [-0.25, -0.2) is 69.1 Å². The molecule has 18 heterocycles. The van der Waals surface area contributed by atoms with E-state index < -0.39 is 303 Å². The summed E-state index contributed by atoms with van der Waals surface area (Å²) in [4.78, 5) is 185. The van der Waals surface area contributed by atoms with Gasteiger partial charge in [0.1, 0.15) is 108 Å². The summed E-state index contributed by atoms with van der Waals surface area (Å²) in [5.41, 5.74) is 17.0. The van der Waals surface area contributed by atoms with Gasteiger partial charge >= 0.3 is 57.5 Å². The van der Waals surface area contributed by atoms with E-state index in [1.54, 1.807) is 0 Å². The number of hydrogen-bond donors (Lipinski definition) is 15. The zero-order chi connectivity index (χ0) is 105. The Morgan fingerprint density at radius 3 is 1.28 bits per heavy atom. The lowest BCUT2D eigenvalue weighted by molar-refractivity contribution is -0.147. The second-order valence-corrected chi connectivity index (χ2v) is 57.7. The van der Waals surface area contributed by atoms with Gasteiger partial charge in [-0.15, -0.1) is 0 Å². The van der Waals surface area contributed by atoms with Gasteiger partial charge in [0.05, 0.1) is 102 Å². The second kappa shape index (κ2) is 39.1. The number of nitrogens with two attached hydrogens (primary N) is 5. The number of anilines is 5. The highest BCUT2D eigenvalue weighted by Gasteiger charge is 2.73. The number of aromatic nitrogens is 18. The molecule has 9 aromatic rings. The van der Waals surface area contributed by atoms with Crippen molar-refractivity contribution in [2.75, 3.05) is 114 Å². The fourth-order valence-corrected chi connectivity index (χ4v) is 30.4. The van der Waals surface area contributed by atoms with Crippen LogP contribution in [0.25, 0.3) is 33.5 Å². The summed E-state index contributed by atoms with van der Waals surface area (Å²) in [5, 5.41) is 11.2. The minimum Gasteiger partial charge on any atom is -0.393 e. The van der Waals surface area contributed by atoms with Crippen LogP contribution in [0.5, 0.6) is 0 Å². The molecule has 6 bridgehead atoms. The highest BCUT2D eigenvalue weighted by atomic mass is 32.7. The molecular weight excluding hydrogens is 2240 g/mol. The van der Waals surface area contributed by atoms with E-state index in [2.05, 4.69) is 72.1 Å². The summed E-state index contributed by atoms with van der Waals surface area (Å²) in [7, 11) is -12.6. The minimum atomic E-state index is -5.48. The summed E-state index contributed by atoms with van der Waals surface area (Å²) < 4.78 is 221. The summed E-state index contributed by atoms with van der Waals surface area (Å²) in [6, 6.07) is -5.43. The molecule has 9 aromatic heterocycles. The molecule has 0 aromatic carbocycles. The Kier molecular flexibility index (Phi) is 29.2. The van der Waals surface area contributed by atoms with Gasteiger partial charge in [0.25, 0.3) is 16.7 Å². The van der Waals surface area contributed by atoms with Crippen molar-refractivity contribution in [3.63, 3.8) is 0 Å². The van der Waals surface area contributed by atoms with E-state index >= 15 is 4.57 Å². The van der Waals surface area contributed by atoms with Crippen molar-refractivity contribution in [1.82, 2.24) is 100 Å². The third-order valence-electron chi connectivity index (χ3n) is 25.2. The Morgan fingerprint density at radius 1 is 0.455 bits per heavy atom. The van der Waals surface area contributed by atoms with Crippen molar-refractivity contribution in [3.05, 3.63) is 123 Å². The molecule has 794 valence electrons. The topological polar surface area (TPSA) is 842 Å². The number of aliphatic hydroxyl groups excluding tert-OH is 1. The predicted molar refractivity (Wildman–Crippen MR) is 519 cm³/mol. The Labute approximate surface area is 845 Å². The van der Waals surface area contributed by atoms with Gasteiger partial charge in [0, 0.05) is 81.3 Å². The molecule has 63 nitrogen and oxygen atoms in total. The molecule has 9 aliphatic rings. The Hall–Kier alpha value is -6.71. The van der Waals surface area contributed by atoms with Crippen LogP contribution in [0.3, 0.4) is 0 Å². The second-order valence-electron chi connectivity index (χ2n) is 34.9. The number of rotatable bonds is 38. The van der Waals surface area contributed by atoms with Crippen LogP contribution in [0.15, 0.2) is 72.7 Å². The van der Waals surface area contributed by atoms with E-state index in [9.17, 15) is 83.6 Å². The minimum absolute atomic E-state index is 0.00343. The molecule has 12 unspecified atom stereocenters. The van der Waals surface area contributed by atoms with Crippen molar-refractivity contribution >= 4 is 205 Å². The maximum Gasteiger partial charge on any atom is 0.386 e. The lowest BCUT2D eigenvalue weighted by Gasteiger charge is -2.37. The van der Waals surface area contributed by atoms with Crippen LogP contribution in [-0.2, 0) is 176 Å². The van der Waals surface area contributed by atoms with E-state index in [1.807, 2.05) is 0 Å². The number of thiol groups is 1. The zero-order valence-corrected chi connectivity index (χ0v) is 88.4. The molecular formula is C67H90N26O37P6S9. The number of hydrogen-bond acceptors (Lipinski definition) is 51. The number of morpholine rings is 3. The number of sulfonamides is 3. The average molecular weight is 2330 g/mol. The number of aliphatic hydroxyl groups is 1. The van der Waals surface area contributed by atoms with E-state index in [0.717, 1.165) is 88.3 Å². The third kappa shape index (κ3) is 21.2. The largest absolute Gasteiger partial charge is 0.393 e. The summed E-state index contributed by atoms with van der Waals surface area (Å²) in [6.07, 6.45) is -14.4. The van der Waals surface area contributed by atoms with Gasteiger partial charge in [-0.05, 0) is 79.8 Å². The lowest BCUT2D eigenvalue weighted by Crippen LogP contribution is -2.51. The number of nitrogens with zero attached hydrogens (tertiary/aromatic N) is 18. The van der Waals surface area contributed by atoms with E-state index in [0.29, 0.717) is 0 Å². The third-order valence-corrected chi connectivity index (χ3v) is 38.4. The van der Waals surface area contributed by atoms with Crippen LogP contribution in [0.4, 0.5) is 29.4 Å². The summed E-state index contributed by atoms with van der Waals surface area (Å²) in [5.74, 6) is -1.28. The molecule has 0 radical (unpaired) electrons. The van der Waals surface area contributed by atoms with Gasteiger partial charge in [-0.3, -0.25) is 65.8 Å². The molecule has 18 rings (SSSR count). The number of aromatic amines is 3. The first-order valence-electron chi connectivity index (χ1n) is 42.4. The van der Waals surface area contributed by atoms with Crippen molar-refractivity contribution < 1.29 is 142 Å². The van der Waals surface area contributed by atoms with E-state index in [1.165, 1.54) is 42.6 Å². The van der Waals surface area contributed by atoms with Crippen molar-refractivity contribution in [2.45, 2.75) is 167 Å². The van der Waals surface area contributed by atoms with Crippen molar-refractivity contribution in [2.24, 2.45) is 0 Å². The first-order valence-corrected chi connectivity index (χ1v) is 63.6. The maximum absolute atomic E-state index is 15.8. The monoisotopic (exact) mass is 2320 g/mol. The Bertz CT molecular complexity index is 7810. The Balaban J connectivity index is 0.618. The van der Waals surface area contributed by atoms with Gasteiger partial charge in [-0.2, -0.15) is 32.9 Å². The molecule has 0 saturated carbocycles. The molecule has 27 atom stereocenters. The number of H-pyrrole nitrogens is 3. The SMILES string of the molecule is COP(O)(=S)OC1C[C@H](n2cnc3c(=O)[nH]c(N)nc32)O[C@@H]1COP(O)(=S)OC1C[C@H](n2cnc3c(N)ncnc32)O[C@@H]1COP(O)(=S)OC1C[C@H](n2cc(C)c(=O)[nH]c2=O)O[C@@H]1COP(O)(=S)OC1[C@H]2[C@H](n3cc(C)c(N)nc3=O)O[C@@]1(COP(=O)(S)OC1[C@H]3[C@H](n4cc(C)c(N)nc4=O)O[C@@]1(COP(O)(=S)OC1[C@H]4[C@H](n5cnc6c(=O)[nH]c(N)nc65)O[C@@]1(CO)CN4S(C)(=O)=O)CN3S(C)(=O)=O)CN2S(C)(=O)=O. The van der Waals surface area contributed by atoms with Crippen LogP contribution < -0.4 is 62.4 Å². The number of nitrogens with one attached hydrogen (secondary N) is 3. The molecule has 145 heavy (non-hydrogen) atoms. The molecule has 9 saturated heterocycles. The van der Waals surface area contributed by atoms with Gasteiger partial charge in [0.2, 0.25) is 42.0 Å². The highest BCUT2D eigenvalue weighted by Crippen LogP contribution is 2.66. The molecule has 9 aliphatic heterocycles. The Morgan fingerprint density at radius 2 is 0.828 bits per heavy atom. The van der Waals surface area contributed by atoms with Crippen LogP contribution in [0.1, 0.15) is 73.3 Å².